The minimum absolute atomic E-state index is 0.131. The van der Waals surface area contributed by atoms with E-state index in [2.05, 4.69) is 10.1 Å². The van der Waals surface area contributed by atoms with Crippen LogP contribution in [-0.2, 0) is 27.6 Å². The Kier molecular flexibility index (Phi) is 6.01. The molecule has 2 heterocycles. The zero-order valence-corrected chi connectivity index (χ0v) is 18.7. The van der Waals surface area contributed by atoms with Crippen LogP contribution in [0.25, 0.3) is 5.13 Å². The van der Waals surface area contributed by atoms with Crippen molar-refractivity contribution in [2.75, 3.05) is 6.61 Å². The van der Waals surface area contributed by atoms with E-state index in [1.54, 1.807) is 12.3 Å². The normalized spacial score (nSPS) is 14.0. The molecule has 3 N–H and O–H groups in total. The summed E-state index contributed by atoms with van der Waals surface area (Å²) >= 11 is 1.19. The van der Waals surface area contributed by atoms with Crippen molar-refractivity contribution < 1.29 is 27.4 Å². The molecule has 9 nitrogen and oxygen atoms in total. The zero-order valence-electron chi connectivity index (χ0n) is 17.1. The van der Waals surface area contributed by atoms with E-state index in [0.717, 1.165) is 25.0 Å². The van der Waals surface area contributed by atoms with Gasteiger partial charge in [-0.15, -0.1) is 16.4 Å². The van der Waals surface area contributed by atoms with Crippen molar-refractivity contribution in [3.8, 4) is 11.0 Å². The third-order valence-electron chi connectivity index (χ3n) is 5.09. The first kappa shape index (κ1) is 22.4. The number of aromatic nitrogens is 3. The van der Waals surface area contributed by atoms with Crippen molar-refractivity contribution in [3.63, 3.8) is 0 Å². The van der Waals surface area contributed by atoms with Gasteiger partial charge >= 0.3 is 5.97 Å². The molecule has 32 heavy (non-hydrogen) atoms. The Balaban J connectivity index is 1.70. The number of hydrogen-bond acceptors (Lipinski definition) is 8. The lowest BCUT2D eigenvalue weighted by Gasteiger charge is -2.08. The van der Waals surface area contributed by atoms with E-state index < -0.39 is 26.7 Å². The molecule has 2 aromatic heterocycles. The lowest BCUT2D eigenvalue weighted by Crippen LogP contribution is -2.14. The fourth-order valence-electron chi connectivity index (χ4n) is 3.37. The van der Waals surface area contributed by atoms with Crippen LogP contribution in [0.3, 0.4) is 0 Å². The smallest absolute Gasteiger partial charge is 0.357 e. The Hall–Kier alpha value is -2.83. The van der Waals surface area contributed by atoms with Gasteiger partial charge in [-0.3, -0.25) is 0 Å². The topological polar surface area (TPSA) is 137 Å². The van der Waals surface area contributed by atoms with Crippen LogP contribution in [0.1, 0.15) is 47.1 Å². The predicted octanol–water partition coefficient (Wildman–Crippen LogP) is 2.54. The van der Waals surface area contributed by atoms with Crippen molar-refractivity contribution in [2.45, 2.75) is 37.5 Å². The zero-order chi connectivity index (χ0) is 23.0. The monoisotopic (exact) mass is 480 g/mol. The summed E-state index contributed by atoms with van der Waals surface area (Å²) in [6, 6.07) is 3.64. The molecule has 1 fully saturated rings. The number of halogens is 1. The second-order valence-corrected chi connectivity index (χ2v) is 9.90. The van der Waals surface area contributed by atoms with Gasteiger partial charge in [-0.25, -0.2) is 32.4 Å². The molecular formula is C20H21FN4O5S2. The number of hydrogen-bond donors (Lipinski definition) is 2. The molecule has 0 saturated heterocycles. The van der Waals surface area contributed by atoms with Crippen molar-refractivity contribution in [1.82, 2.24) is 14.8 Å². The van der Waals surface area contributed by atoms with E-state index >= 15 is 0 Å². The van der Waals surface area contributed by atoms with E-state index in [9.17, 15) is 22.7 Å². The molecule has 170 valence electrons. The lowest BCUT2D eigenvalue weighted by atomic mass is 10.0. The highest BCUT2D eigenvalue weighted by Crippen LogP contribution is 2.37. The average molecular weight is 481 g/mol. The molecule has 3 aromatic rings. The summed E-state index contributed by atoms with van der Waals surface area (Å²) in [5, 5.41) is 21.8. The standard InChI is InChI=1S/C20H21FN4O5S2/c1-2-30-19(27)15-10-31-20(23-15)25-16(9-11-3-4-11)13(18(26)24-25)7-12-5-6-17(14(21)8-12)32(22,28)29/h5-6,8,10-11H,2-4,7,9H2,1H3,(H,24,26)(H2,22,28,29). The molecule has 1 aromatic carbocycles. The quantitative estimate of drug-likeness (QED) is 0.473. The number of nitrogens with two attached hydrogens (primary N) is 1. The van der Waals surface area contributed by atoms with Gasteiger partial charge < -0.3 is 9.84 Å². The molecule has 0 radical (unpaired) electrons. The fourth-order valence-corrected chi connectivity index (χ4v) is 4.72. The first-order valence-electron chi connectivity index (χ1n) is 9.91. The summed E-state index contributed by atoms with van der Waals surface area (Å²) in [4.78, 5) is 15.7. The molecule has 0 aliphatic heterocycles. The van der Waals surface area contributed by atoms with Gasteiger partial charge in [0.1, 0.15) is 10.7 Å². The van der Waals surface area contributed by atoms with Crippen LogP contribution >= 0.6 is 11.3 Å². The summed E-state index contributed by atoms with van der Waals surface area (Å²) in [7, 11) is -4.17. The van der Waals surface area contributed by atoms with E-state index in [1.807, 2.05) is 0 Å². The van der Waals surface area contributed by atoms with Crippen LogP contribution in [-0.4, -0.2) is 40.9 Å². The summed E-state index contributed by atoms with van der Waals surface area (Å²) in [6.07, 6.45) is 2.87. The van der Waals surface area contributed by atoms with Gasteiger partial charge in [-0.1, -0.05) is 6.07 Å². The number of esters is 1. The van der Waals surface area contributed by atoms with Crippen molar-refractivity contribution >= 4 is 27.3 Å². The van der Waals surface area contributed by atoms with E-state index in [-0.39, 0.29) is 24.6 Å². The number of benzene rings is 1. The highest BCUT2D eigenvalue weighted by molar-refractivity contribution is 7.89. The SMILES string of the molecule is CCOC(=O)c1csc(-n2nc(O)c(Cc3ccc(S(N)(=O)=O)c(F)c3)c2CC2CC2)n1. The third-order valence-corrected chi connectivity index (χ3v) is 6.85. The molecule has 0 bridgehead atoms. The van der Waals surface area contributed by atoms with Crippen LogP contribution in [0.4, 0.5) is 4.39 Å². The van der Waals surface area contributed by atoms with Crippen LogP contribution in [0.2, 0.25) is 0 Å². The molecule has 0 atom stereocenters. The Morgan fingerprint density at radius 1 is 1.41 bits per heavy atom. The molecular weight excluding hydrogens is 459 g/mol. The minimum Gasteiger partial charge on any atom is -0.492 e. The molecule has 4 rings (SSSR count). The number of ether oxygens (including phenoxy) is 1. The van der Waals surface area contributed by atoms with Gasteiger partial charge in [-0.05, 0) is 49.8 Å². The van der Waals surface area contributed by atoms with Gasteiger partial charge in [0.05, 0.1) is 12.3 Å². The first-order chi connectivity index (χ1) is 15.2. The molecule has 12 heteroatoms. The van der Waals surface area contributed by atoms with E-state index in [0.29, 0.717) is 34.3 Å². The second kappa shape index (κ2) is 8.60. The van der Waals surface area contributed by atoms with Crippen LogP contribution in [0.15, 0.2) is 28.5 Å². The molecule has 0 spiro atoms. The number of primary sulfonamides is 1. The number of thiazole rings is 1. The average Bonchev–Trinajstić information content (AvgIpc) is 3.30. The lowest BCUT2D eigenvalue weighted by molar-refractivity contribution is 0.0520. The maximum atomic E-state index is 14.3. The highest BCUT2D eigenvalue weighted by Gasteiger charge is 2.29. The minimum atomic E-state index is -4.17. The largest absolute Gasteiger partial charge is 0.492 e. The molecule has 1 aliphatic rings. The van der Waals surface area contributed by atoms with Crippen molar-refractivity contribution in [1.29, 1.82) is 0 Å². The van der Waals surface area contributed by atoms with Crippen LogP contribution in [0, 0.1) is 11.7 Å². The maximum Gasteiger partial charge on any atom is 0.357 e. The van der Waals surface area contributed by atoms with E-state index in [1.165, 1.54) is 22.1 Å². The first-order valence-corrected chi connectivity index (χ1v) is 12.3. The summed E-state index contributed by atoms with van der Waals surface area (Å²) in [6.45, 7) is 1.93. The highest BCUT2D eigenvalue weighted by atomic mass is 32.2. The van der Waals surface area contributed by atoms with Gasteiger partial charge in [0.15, 0.2) is 5.69 Å². The van der Waals surface area contributed by atoms with Crippen molar-refractivity contribution in [2.24, 2.45) is 11.1 Å². The summed E-state index contributed by atoms with van der Waals surface area (Å²) in [5.74, 6) is -1.29. The van der Waals surface area contributed by atoms with Crippen molar-refractivity contribution in [3.05, 3.63) is 51.9 Å². The second-order valence-electron chi connectivity index (χ2n) is 7.53. The molecule has 1 saturated carbocycles. The predicted molar refractivity (Wildman–Crippen MR) is 114 cm³/mol. The van der Waals surface area contributed by atoms with E-state index in [4.69, 9.17) is 9.88 Å². The Morgan fingerprint density at radius 3 is 2.78 bits per heavy atom. The van der Waals surface area contributed by atoms with Crippen LogP contribution < -0.4 is 5.14 Å². The fraction of sp³-hybridized carbons (Fsp3) is 0.350. The Labute approximate surface area is 187 Å². The number of nitrogens with zero attached hydrogens (tertiary/aromatic N) is 3. The Bertz CT molecular complexity index is 1280. The number of rotatable bonds is 8. The number of carbonyl (C=O) groups is 1. The van der Waals surface area contributed by atoms with Gasteiger partial charge in [0.25, 0.3) is 0 Å². The molecule has 1 aliphatic carbocycles. The molecule has 0 amide bonds. The number of sulfonamides is 1. The molecule has 0 unspecified atom stereocenters. The third kappa shape index (κ3) is 4.66. The number of carbonyl (C=O) groups excluding carboxylic acids is 1. The van der Waals surface area contributed by atoms with Gasteiger partial charge in [0, 0.05) is 17.4 Å². The Morgan fingerprint density at radius 2 is 2.16 bits per heavy atom. The van der Waals surface area contributed by atoms with Crippen LogP contribution in [0.5, 0.6) is 5.88 Å². The summed E-state index contributed by atoms with van der Waals surface area (Å²) in [5.41, 5.74) is 1.81. The summed E-state index contributed by atoms with van der Waals surface area (Å²) < 4.78 is 43.7. The van der Waals surface area contributed by atoms with Gasteiger partial charge in [0.2, 0.25) is 21.0 Å². The van der Waals surface area contributed by atoms with Gasteiger partial charge in [-0.2, -0.15) is 0 Å². The maximum absolute atomic E-state index is 14.3. The number of aromatic hydroxyl groups is 1.